The van der Waals surface area contributed by atoms with Crippen LogP contribution >= 0.6 is 0 Å². The summed E-state index contributed by atoms with van der Waals surface area (Å²) >= 11 is 0. The minimum atomic E-state index is -4.41. The number of halogens is 4. The van der Waals surface area contributed by atoms with Crippen molar-refractivity contribution >= 4 is 17.5 Å². The lowest BCUT2D eigenvalue weighted by Gasteiger charge is -2.31. The lowest BCUT2D eigenvalue weighted by molar-refractivity contribution is -0.137. The van der Waals surface area contributed by atoms with Gasteiger partial charge in [-0.15, -0.1) is 0 Å². The first-order valence-corrected chi connectivity index (χ1v) is 11.4. The van der Waals surface area contributed by atoms with Gasteiger partial charge in [0.15, 0.2) is 0 Å². The van der Waals surface area contributed by atoms with E-state index < -0.39 is 17.6 Å². The number of nitrogens with one attached hydrogen (secondary N) is 1. The maximum Gasteiger partial charge on any atom is 0.416 e. The van der Waals surface area contributed by atoms with Gasteiger partial charge in [-0.3, -0.25) is 9.89 Å². The van der Waals surface area contributed by atoms with Crippen LogP contribution in [0.3, 0.4) is 0 Å². The van der Waals surface area contributed by atoms with Crippen LogP contribution in [0, 0.1) is 5.82 Å². The van der Waals surface area contributed by atoms with Crippen molar-refractivity contribution in [3.05, 3.63) is 83.4 Å². The number of hydrogen-bond acceptors (Lipinski definition) is 5. The third-order valence-corrected chi connectivity index (χ3v) is 5.82. The van der Waals surface area contributed by atoms with Crippen molar-refractivity contribution in [2.45, 2.75) is 12.6 Å². The van der Waals surface area contributed by atoms with Crippen molar-refractivity contribution in [3.8, 4) is 0 Å². The Bertz CT molecular complexity index is 1070. The van der Waals surface area contributed by atoms with Gasteiger partial charge >= 0.3 is 6.18 Å². The second kappa shape index (κ2) is 12.0. The number of alkyl halides is 3. The first-order valence-electron chi connectivity index (χ1n) is 11.4. The molecule has 3 rings (SSSR count). The van der Waals surface area contributed by atoms with E-state index in [0.717, 1.165) is 44.9 Å². The van der Waals surface area contributed by atoms with Crippen LogP contribution in [-0.2, 0) is 12.6 Å². The first kappa shape index (κ1) is 26.4. The van der Waals surface area contributed by atoms with Crippen LogP contribution in [0.1, 0.15) is 16.7 Å². The Morgan fingerprint density at radius 3 is 2.54 bits per heavy atom. The molecule has 2 aromatic rings. The number of anilines is 1. The number of benzene rings is 2. The Kier molecular flexibility index (Phi) is 9.06. The number of rotatable bonds is 9. The molecule has 0 spiro atoms. The molecule has 1 heterocycles. The Balaban J connectivity index is 1.56. The number of aliphatic imine (C=N–C) groups is 1. The summed E-state index contributed by atoms with van der Waals surface area (Å²) in [6.45, 7) is 9.38. The first-order chi connectivity index (χ1) is 16.7. The van der Waals surface area contributed by atoms with E-state index in [-0.39, 0.29) is 6.42 Å². The maximum absolute atomic E-state index is 14.8. The third-order valence-electron chi connectivity index (χ3n) is 5.82. The number of piperazine rings is 1. The van der Waals surface area contributed by atoms with Crippen LogP contribution in [0.15, 0.2) is 65.9 Å². The molecule has 1 aliphatic rings. The van der Waals surface area contributed by atoms with E-state index in [1.165, 1.54) is 18.3 Å². The van der Waals surface area contributed by atoms with Crippen LogP contribution in [0.5, 0.6) is 0 Å². The summed E-state index contributed by atoms with van der Waals surface area (Å²) in [7, 11) is 2.11. The van der Waals surface area contributed by atoms with Crippen LogP contribution in [0.25, 0.3) is 5.57 Å². The van der Waals surface area contributed by atoms with Gasteiger partial charge in [0.1, 0.15) is 5.82 Å². The molecule has 0 aromatic heterocycles. The van der Waals surface area contributed by atoms with Crippen molar-refractivity contribution in [3.63, 3.8) is 0 Å². The molecule has 9 heteroatoms. The number of allylic oxidation sites excluding steroid dienone is 2. The summed E-state index contributed by atoms with van der Waals surface area (Å²) in [5.41, 5.74) is 7.11. The van der Waals surface area contributed by atoms with E-state index >= 15 is 0 Å². The SMILES string of the molecule is C=C(Cc1cccc(C(F)(F)F)c1)Nc1ccc(/C(C=NCCN2CCN(C)CC2)=C/N)c(F)c1. The molecule has 0 amide bonds. The molecule has 35 heavy (non-hydrogen) atoms. The number of hydrogen-bond donors (Lipinski definition) is 2. The smallest absolute Gasteiger partial charge is 0.404 e. The monoisotopic (exact) mass is 489 g/mol. The largest absolute Gasteiger partial charge is 0.416 e. The van der Waals surface area contributed by atoms with Gasteiger partial charge in [-0.1, -0.05) is 24.8 Å². The lowest BCUT2D eigenvalue weighted by Crippen LogP contribution is -2.45. The topological polar surface area (TPSA) is 56.9 Å². The Morgan fingerprint density at radius 2 is 1.89 bits per heavy atom. The van der Waals surface area contributed by atoms with Gasteiger partial charge in [0.2, 0.25) is 0 Å². The standard InChI is InChI=1S/C26H31F4N5/c1-19(14-20-4-3-5-22(15-20)26(28,29)30)33-23-6-7-24(25(27)16-23)21(17-31)18-32-8-9-35-12-10-34(2)11-13-35/h3-7,15-18,33H,1,8-14,31H2,2H3/b21-17+,32-18?. The summed E-state index contributed by atoms with van der Waals surface area (Å²) < 4.78 is 53.6. The van der Waals surface area contributed by atoms with Crippen molar-refractivity contribution in [1.82, 2.24) is 9.80 Å². The van der Waals surface area contributed by atoms with Gasteiger partial charge in [0, 0.05) is 74.1 Å². The van der Waals surface area contributed by atoms with E-state index in [0.29, 0.717) is 34.6 Å². The van der Waals surface area contributed by atoms with Crippen LogP contribution in [-0.4, -0.2) is 62.3 Å². The van der Waals surface area contributed by atoms with Gasteiger partial charge in [0.25, 0.3) is 0 Å². The highest BCUT2D eigenvalue weighted by molar-refractivity contribution is 6.09. The Morgan fingerprint density at radius 1 is 1.14 bits per heavy atom. The van der Waals surface area contributed by atoms with Crippen LogP contribution in [0.2, 0.25) is 0 Å². The molecule has 1 aliphatic heterocycles. The van der Waals surface area contributed by atoms with Crippen molar-refractivity contribution in [1.29, 1.82) is 0 Å². The molecule has 1 saturated heterocycles. The van der Waals surface area contributed by atoms with Gasteiger partial charge in [-0.2, -0.15) is 13.2 Å². The number of nitrogens with two attached hydrogens (primary N) is 1. The minimum absolute atomic E-state index is 0.168. The number of likely N-dealkylation sites (N-methyl/N-ethyl adjacent to an activating group) is 1. The number of nitrogens with zero attached hydrogens (tertiary/aromatic N) is 3. The fourth-order valence-corrected chi connectivity index (χ4v) is 3.82. The molecular weight excluding hydrogens is 458 g/mol. The zero-order valence-corrected chi connectivity index (χ0v) is 19.8. The Hall–Kier alpha value is -3.17. The van der Waals surface area contributed by atoms with Gasteiger partial charge < -0.3 is 16.0 Å². The highest BCUT2D eigenvalue weighted by Gasteiger charge is 2.30. The van der Waals surface area contributed by atoms with E-state index in [4.69, 9.17) is 5.73 Å². The molecule has 0 bridgehead atoms. The summed E-state index contributed by atoms with van der Waals surface area (Å²) in [4.78, 5) is 9.04. The van der Waals surface area contributed by atoms with Crippen molar-refractivity contribution < 1.29 is 17.6 Å². The summed E-state index contributed by atoms with van der Waals surface area (Å²) in [6, 6.07) is 9.59. The molecule has 0 unspecified atom stereocenters. The molecule has 0 radical (unpaired) electrons. The van der Waals surface area contributed by atoms with Gasteiger partial charge in [-0.05, 0) is 36.9 Å². The lowest BCUT2D eigenvalue weighted by atomic mass is 10.1. The second-order valence-electron chi connectivity index (χ2n) is 8.60. The third kappa shape index (κ3) is 7.93. The van der Waals surface area contributed by atoms with Gasteiger partial charge in [-0.25, -0.2) is 4.39 Å². The normalized spacial score (nSPS) is 16.1. The zero-order chi connectivity index (χ0) is 25.4. The summed E-state index contributed by atoms with van der Waals surface area (Å²) in [5, 5.41) is 2.96. The highest BCUT2D eigenvalue weighted by atomic mass is 19.4. The molecule has 5 nitrogen and oxygen atoms in total. The molecule has 0 atom stereocenters. The fourth-order valence-electron chi connectivity index (χ4n) is 3.82. The second-order valence-corrected chi connectivity index (χ2v) is 8.60. The van der Waals surface area contributed by atoms with Crippen LogP contribution < -0.4 is 11.1 Å². The van der Waals surface area contributed by atoms with Crippen molar-refractivity contribution in [2.24, 2.45) is 10.7 Å². The minimum Gasteiger partial charge on any atom is -0.404 e. The predicted octanol–water partition coefficient (Wildman–Crippen LogP) is 4.63. The average Bonchev–Trinajstić information content (AvgIpc) is 2.80. The molecule has 188 valence electrons. The average molecular weight is 490 g/mol. The molecule has 0 aliphatic carbocycles. The van der Waals surface area contributed by atoms with E-state index in [1.54, 1.807) is 24.4 Å². The molecule has 0 saturated carbocycles. The fraction of sp³-hybridized carbons (Fsp3) is 0.346. The molecule has 1 fully saturated rings. The van der Waals surface area contributed by atoms with Gasteiger partial charge in [0.05, 0.1) is 12.1 Å². The Labute approximate surface area is 203 Å². The quantitative estimate of drug-likeness (QED) is 0.398. The highest BCUT2D eigenvalue weighted by Crippen LogP contribution is 2.30. The summed E-state index contributed by atoms with van der Waals surface area (Å²) in [5.74, 6) is -0.496. The molecular formula is C26H31F4N5. The predicted molar refractivity (Wildman–Crippen MR) is 134 cm³/mol. The zero-order valence-electron chi connectivity index (χ0n) is 19.8. The van der Waals surface area contributed by atoms with Crippen molar-refractivity contribution in [2.75, 3.05) is 51.6 Å². The van der Waals surface area contributed by atoms with E-state index in [2.05, 4.69) is 33.7 Å². The summed E-state index contributed by atoms with van der Waals surface area (Å²) in [6.07, 6.45) is -1.35. The molecule has 3 N–H and O–H groups in total. The van der Waals surface area contributed by atoms with E-state index in [9.17, 15) is 17.6 Å². The van der Waals surface area contributed by atoms with E-state index in [1.807, 2.05) is 0 Å². The van der Waals surface area contributed by atoms with Crippen LogP contribution in [0.4, 0.5) is 23.2 Å². The molecule has 2 aromatic carbocycles. The maximum atomic E-state index is 14.8.